The maximum Gasteiger partial charge on any atom is 0.227 e. The zero-order chi connectivity index (χ0) is 18.8. The van der Waals surface area contributed by atoms with Gasteiger partial charge in [0.1, 0.15) is 11.4 Å². The molecule has 0 radical (unpaired) electrons. The number of nitrogens with zero attached hydrogens (tertiary/aromatic N) is 3. The molecule has 1 amide bonds. The van der Waals surface area contributed by atoms with Crippen LogP contribution in [0.4, 0.5) is 0 Å². The highest BCUT2D eigenvalue weighted by molar-refractivity contribution is 5.80. The first kappa shape index (κ1) is 18.0. The van der Waals surface area contributed by atoms with Gasteiger partial charge in [-0.3, -0.25) is 9.89 Å². The molecule has 1 atom stereocenters. The Hall–Kier alpha value is -2.34. The van der Waals surface area contributed by atoms with Crippen LogP contribution in [0.15, 0.2) is 24.3 Å². The predicted octanol–water partition coefficient (Wildman–Crippen LogP) is 2.70. The van der Waals surface area contributed by atoms with E-state index in [1.54, 1.807) is 7.11 Å². The van der Waals surface area contributed by atoms with E-state index < -0.39 is 0 Å². The predicted molar refractivity (Wildman–Crippen MR) is 105 cm³/mol. The molecule has 1 saturated heterocycles. The van der Waals surface area contributed by atoms with E-state index in [9.17, 15) is 4.79 Å². The number of rotatable bonds is 4. The number of amides is 1. The first-order chi connectivity index (χ1) is 13.2. The topological polar surface area (TPSA) is 61.5 Å². The molecule has 144 valence electrons. The lowest BCUT2D eigenvalue weighted by Gasteiger charge is -2.35. The van der Waals surface area contributed by atoms with Crippen LogP contribution in [0.25, 0.3) is 11.3 Å². The van der Waals surface area contributed by atoms with Crippen LogP contribution in [0, 0.1) is 5.92 Å². The van der Waals surface area contributed by atoms with Gasteiger partial charge in [-0.05, 0) is 38.1 Å². The van der Waals surface area contributed by atoms with Crippen LogP contribution >= 0.6 is 0 Å². The fourth-order valence-electron chi connectivity index (χ4n) is 4.35. The molecule has 27 heavy (non-hydrogen) atoms. The third-order valence-electron chi connectivity index (χ3n) is 5.91. The van der Waals surface area contributed by atoms with Crippen LogP contribution in [0.2, 0.25) is 0 Å². The minimum atomic E-state index is 0.127. The third-order valence-corrected chi connectivity index (χ3v) is 5.91. The van der Waals surface area contributed by atoms with E-state index in [-0.39, 0.29) is 5.92 Å². The van der Waals surface area contributed by atoms with Crippen LogP contribution in [0.3, 0.4) is 0 Å². The molecule has 2 aliphatic rings. The molecule has 4 rings (SSSR count). The minimum absolute atomic E-state index is 0.127. The number of benzene rings is 1. The number of fused-ring (bicyclic) bond motifs is 1. The van der Waals surface area contributed by atoms with Crippen molar-refractivity contribution in [1.82, 2.24) is 20.0 Å². The van der Waals surface area contributed by atoms with Crippen LogP contribution in [0.1, 0.15) is 31.0 Å². The van der Waals surface area contributed by atoms with Crippen LogP contribution in [-0.4, -0.2) is 59.2 Å². The lowest BCUT2D eigenvalue weighted by atomic mass is 9.94. The fraction of sp³-hybridized carbons (Fsp3) is 0.524. The summed E-state index contributed by atoms with van der Waals surface area (Å²) >= 11 is 0. The van der Waals surface area contributed by atoms with Crippen molar-refractivity contribution in [3.05, 3.63) is 35.5 Å². The van der Waals surface area contributed by atoms with E-state index in [1.807, 2.05) is 29.2 Å². The van der Waals surface area contributed by atoms with Gasteiger partial charge >= 0.3 is 0 Å². The summed E-state index contributed by atoms with van der Waals surface area (Å²) in [5, 5.41) is 7.74. The van der Waals surface area contributed by atoms with Crippen molar-refractivity contribution in [2.24, 2.45) is 5.92 Å². The van der Waals surface area contributed by atoms with E-state index in [0.717, 1.165) is 73.7 Å². The summed E-state index contributed by atoms with van der Waals surface area (Å²) in [5.74, 6) is 1.23. The molecule has 0 unspecified atom stereocenters. The number of ether oxygens (including phenoxy) is 1. The average molecular weight is 368 g/mol. The molecule has 1 N–H and O–H groups in total. The normalized spacial score (nSPS) is 20.4. The molecule has 1 fully saturated rings. The van der Waals surface area contributed by atoms with Gasteiger partial charge in [0, 0.05) is 42.9 Å². The number of nitrogens with one attached hydrogen (secondary N) is 1. The Bertz CT molecular complexity index is 816. The Morgan fingerprint density at radius 3 is 3.00 bits per heavy atom. The maximum absolute atomic E-state index is 13.2. The van der Waals surface area contributed by atoms with E-state index in [0.29, 0.717) is 12.5 Å². The zero-order valence-electron chi connectivity index (χ0n) is 16.2. The Kier molecular flexibility index (Phi) is 5.16. The lowest BCUT2D eigenvalue weighted by molar-refractivity contribution is -0.138. The van der Waals surface area contributed by atoms with Crippen molar-refractivity contribution in [1.29, 1.82) is 0 Å². The fourth-order valence-corrected chi connectivity index (χ4v) is 4.35. The SMILES string of the molecule is CCN1CCC[C@@H](C(=O)N2CCc3[nH]nc(-c4ccccc4OC)c3C2)C1. The standard InChI is InChI=1S/C21H28N4O2/c1-3-24-11-6-7-15(13-24)21(26)25-12-10-18-17(14-25)20(23-22-18)16-8-4-5-9-19(16)27-2/h4-5,8-9,15H,3,6-7,10-14H2,1-2H3,(H,22,23)/t15-/m1/s1. The number of hydrogen-bond donors (Lipinski definition) is 1. The van der Waals surface area contributed by atoms with Gasteiger partial charge in [0.25, 0.3) is 0 Å². The highest BCUT2D eigenvalue weighted by Crippen LogP contribution is 2.34. The van der Waals surface area contributed by atoms with Gasteiger partial charge in [-0.2, -0.15) is 5.10 Å². The number of methoxy groups -OCH3 is 1. The molecule has 1 aromatic heterocycles. The number of aromatic nitrogens is 2. The highest BCUT2D eigenvalue weighted by Gasteiger charge is 2.32. The Labute approximate surface area is 160 Å². The highest BCUT2D eigenvalue weighted by atomic mass is 16.5. The van der Waals surface area contributed by atoms with Crippen molar-refractivity contribution >= 4 is 5.91 Å². The summed E-state index contributed by atoms with van der Waals surface area (Å²) in [7, 11) is 1.68. The smallest absolute Gasteiger partial charge is 0.227 e. The Balaban J connectivity index is 1.56. The number of likely N-dealkylation sites (tertiary alicyclic amines) is 1. The molecular weight excluding hydrogens is 340 g/mol. The van der Waals surface area contributed by atoms with Gasteiger partial charge in [0.2, 0.25) is 5.91 Å². The summed E-state index contributed by atoms with van der Waals surface area (Å²) in [6, 6.07) is 7.92. The molecule has 1 aromatic carbocycles. The van der Waals surface area contributed by atoms with Gasteiger partial charge < -0.3 is 14.5 Å². The van der Waals surface area contributed by atoms with Gasteiger partial charge in [-0.1, -0.05) is 19.1 Å². The van der Waals surface area contributed by atoms with Gasteiger partial charge in [-0.25, -0.2) is 0 Å². The largest absolute Gasteiger partial charge is 0.496 e. The summed E-state index contributed by atoms with van der Waals surface area (Å²) in [4.78, 5) is 17.6. The van der Waals surface area contributed by atoms with Crippen molar-refractivity contribution in [3.8, 4) is 17.0 Å². The number of hydrogen-bond acceptors (Lipinski definition) is 4. The molecular formula is C21H28N4O2. The molecule has 2 aliphatic heterocycles. The molecule has 3 heterocycles. The second-order valence-corrected chi connectivity index (χ2v) is 7.47. The number of para-hydroxylation sites is 1. The monoisotopic (exact) mass is 368 g/mol. The first-order valence-electron chi connectivity index (χ1n) is 9.92. The van der Waals surface area contributed by atoms with Gasteiger partial charge in [0.05, 0.1) is 13.0 Å². The Morgan fingerprint density at radius 2 is 2.19 bits per heavy atom. The lowest BCUT2D eigenvalue weighted by Crippen LogP contribution is -2.46. The number of carbonyl (C=O) groups excluding carboxylic acids is 1. The Morgan fingerprint density at radius 1 is 1.33 bits per heavy atom. The summed E-state index contributed by atoms with van der Waals surface area (Å²) in [6.45, 7) is 6.59. The molecule has 0 bridgehead atoms. The summed E-state index contributed by atoms with van der Waals surface area (Å²) in [6.07, 6.45) is 2.94. The number of piperidine rings is 1. The molecule has 2 aromatic rings. The summed E-state index contributed by atoms with van der Waals surface area (Å²) in [5.41, 5.74) is 4.14. The molecule has 0 aliphatic carbocycles. The second kappa shape index (κ2) is 7.72. The van der Waals surface area contributed by atoms with E-state index in [2.05, 4.69) is 22.0 Å². The van der Waals surface area contributed by atoms with Crippen LogP contribution in [0.5, 0.6) is 5.75 Å². The van der Waals surface area contributed by atoms with Crippen molar-refractivity contribution in [3.63, 3.8) is 0 Å². The van der Waals surface area contributed by atoms with Crippen molar-refractivity contribution in [2.45, 2.75) is 32.7 Å². The minimum Gasteiger partial charge on any atom is -0.496 e. The molecule has 6 nitrogen and oxygen atoms in total. The quantitative estimate of drug-likeness (QED) is 0.901. The van der Waals surface area contributed by atoms with Crippen LogP contribution < -0.4 is 4.74 Å². The number of carbonyl (C=O) groups is 1. The van der Waals surface area contributed by atoms with Crippen LogP contribution in [-0.2, 0) is 17.8 Å². The number of aromatic amines is 1. The third kappa shape index (κ3) is 3.46. The van der Waals surface area contributed by atoms with Gasteiger partial charge in [-0.15, -0.1) is 0 Å². The van der Waals surface area contributed by atoms with Crippen molar-refractivity contribution in [2.75, 3.05) is 33.3 Å². The molecule has 6 heteroatoms. The van der Waals surface area contributed by atoms with Crippen molar-refractivity contribution < 1.29 is 9.53 Å². The number of H-pyrrole nitrogens is 1. The van der Waals surface area contributed by atoms with E-state index >= 15 is 0 Å². The molecule has 0 spiro atoms. The van der Waals surface area contributed by atoms with Gasteiger partial charge in [0.15, 0.2) is 0 Å². The zero-order valence-corrected chi connectivity index (χ0v) is 16.2. The summed E-state index contributed by atoms with van der Waals surface area (Å²) < 4.78 is 5.51. The van der Waals surface area contributed by atoms with E-state index in [1.165, 1.54) is 0 Å². The maximum atomic E-state index is 13.2. The second-order valence-electron chi connectivity index (χ2n) is 7.47. The van der Waals surface area contributed by atoms with E-state index in [4.69, 9.17) is 4.74 Å². The molecule has 0 saturated carbocycles. The first-order valence-corrected chi connectivity index (χ1v) is 9.92. The average Bonchev–Trinajstić information content (AvgIpc) is 3.16.